The molecule has 0 saturated heterocycles. The van der Waals surface area contributed by atoms with Gasteiger partial charge in [0.1, 0.15) is 6.10 Å². The van der Waals surface area contributed by atoms with Crippen molar-refractivity contribution in [2.45, 2.75) is 168 Å². The average Bonchev–Trinajstić information content (AvgIpc) is 2.82. The van der Waals surface area contributed by atoms with Gasteiger partial charge in [0.2, 0.25) is 0 Å². The maximum Gasteiger partial charge on any atom is 0.312 e. The molecule has 1 saturated carbocycles. The predicted octanol–water partition coefficient (Wildman–Crippen LogP) is 9.24. The summed E-state index contributed by atoms with van der Waals surface area (Å²) in [5.41, 5.74) is -0.874. The molecule has 1 aliphatic carbocycles. The van der Waals surface area contributed by atoms with E-state index >= 15 is 0 Å². The Balaban J connectivity index is 2.46. The van der Waals surface area contributed by atoms with Crippen molar-refractivity contribution in [3.05, 3.63) is 0 Å². The zero-order valence-corrected chi connectivity index (χ0v) is 22.9. The van der Waals surface area contributed by atoms with Gasteiger partial charge in [-0.05, 0) is 45.4 Å². The lowest BCUT2D eigenvalue weighted by molar-refractivity contribution is -0.174. The van der Waals surface area contributed by atoms with Crippen molar-refractivity contribution in [3.63, 3.8) is 0 Å². The van der Waals surface area contributed by atoms with Crippen LogP contribution in [0.15, 0.2) is 0 Å². The van der Waals surface area contributed by atoms with Gasteiger partial charge < -0.3 is 9.84 Å². The van der Waals surface area contributed by atoms with Crippen molar-refractivity contribution in [2.75, 3.05) is 0 Å². The number of esters is 1. The third-order valence-corrected chi connectivity index (χ3v) is 8.01. The van der Waals surface area contributed by atoms with Crippen LogP contribution in [0.2, 0.25) is 0 Å². The standard InChI is InChI=1S/C30H56O4/c1-4-6-8-10-12-13-14-15-17-19-23-26(22-18-16-11-9-7-5-2)34-29(33)30(3)25-21-20-24-27(30)28(31)32/h26-27H,4-25H2,1-3H3,(H,31,32). The summed E-state index contributed by atoms with van der Waals surface area (Å²) in [4.78, 5) is 25.0. The highest BCUT2D eigenvalue weighted by molar-refractivity contribution is 5.84. The first-order valence-corrected chi connectivity index (χ1v) is 14.9. The van der Waals surface area contributed by atoms with Crippen LogP contribution < -0.4 is 0 Å². The molecule has 1 aliphatic rings. The van der Waals surface area contributed by atoms with E-state index in [2.05, 4.69) is 13.8 Å². The predicted molar refractivity (Wildman–Crippen MR) is 142 cm³/mol. The number of rotatable bonds is 21. The minimum absolute atomic E-state index is 0.0547. The molecule has 4 nitrogen and oxygen atoms in total. The summed E-state index contributed by atoms with van der Waals surface area (Å²) in [7, 11) is 0. The molecule has 3 atom stereocenters. The average molecular weight is 481 g/mol. The summed E-state index contributed by atoms with van der Waals surface area (Å²) in [5.74, 6) is -1.72. The van der Waals surface area contributed by atoms with E-state index in [1.54, 1.807) is 0 Å². The fourth-order valence-electron chi connectivity index (χ4n) is 5.53. The molecule has 0 aromatic rings. The van der Waals surface area contributed by atoms with Crippen LogP contribution in [0.3, 0.4) is 0 Å². The summed E-state index contributed by atoms with van der Waals surface area (Å²) >= 11 is 0. The van der Waals surface area contributed by atoms with Gasteiger partial charge in [-0.25, -0.2) is 0 Å². The van der Waals surface area contributed by atoms with E-state index in [4.69, 9.17) is 4.74 Å². The van der Waals surface area contributed by atoms with Crippen LogP contribution in [0, 0.1) is 11.3 Å². The Hall–Kier alpha value is -1.06. The summed E-state index contributed by atoms with van der Waals surface area (Å²) in [6.07, 6.45) is 25.2. The van der Waals surface area contributed by atoms with Crippen LogP contribution in [0.4, 0.5) is 0 Å². The van der Waals surface area contributed by atoms with Gasteiger partial charge >= 0.3 is 11.9 Å². The Bertz CT molecular complexity index is 532. The number of carboxylic acids is 1. The van der Waals surface area contributed by atoms with Crippen molar-refractivity contribution in [1.82, 2.24) is 0 Å². The maximum atomic E-state index is 13.2. The normalized spacial score (nSPS) is 21.3. The summed E-state index contributed by atoms with van der Waals surface area (Å²) in [6, 6.07) is 0. The van der Waals surface area contributed by atoms with E-state index in [0.29, 0.717) is 12.8 Å². The lowest BCUT2D eigenvalue weighted by atomic mass is 9.67. The molecule has 1 fully saturated rings. The first-order chi connectivity index (χ1) is 16.5. The number of carbonyl (C=O) groups is 2. The van der Waals surface area contributed by atoms with Gasteiger partial charge in [0, 0.05) is 0 Å². The largest absolute Gasteiger partial charge is 0.481 e. The Morgan fingerprint density at radius 1 is 0.765 bits per heavy atom. The Kier molecular flexibility index (Phi) is 17.5. The molecular weight excluding hydrogens is 424 g/mol. The fraction of sp³-hybridized carbons (Fsp3) is 0.933. The second kappa shape index (κ2) is 19.2. The third-order valence-electron chi connectivity index (χ3n) is 8.01. The highest BCUT2D eigenvalue weighted by atomic mass is 16.5. The Morgan fingerprint density at radius 2 is 1.21 bits per heavy atom. The molecule has 0 heterocycles. The van der Waals surface area contributed by atoms with Crippen molar-refractivity contribution in [2.24, 2.45) is 11.3 Å². The number of carbonyl (C=O) groups excluding carboxylic acids is 1. The van der Waals surface area contributed by atoms with Gasteiger partial charge in [0.25, 0.3) is 0 Å². The molecule has 0 aliphatic heterocycles. The van der Waals surface area contributed by atoms with E-state index in [-0.39, 0.29) is 12.1 Å². The van der Waals surface area contributed by atoms with Crippen molar-refractivity contribution < 1.29 is 19.4 Å². The third kappa shape index (κ3) is 12.6. The molecule has 0 aromatic carbocycles. The molecule has 3 unspecified atom stereocenters. The number of unbranched alkanes of at least 4 members (excludes halogenated alkanes) is 14. The Morgan fingerprint density at radius 3 is 1.65 bits per heavy atom. The molecule has 0 aromatic heterocycles. The fourth-order valence-corrected chi connectivity index (χ4v) is 5.53. The molecule has 0 radical (unpaired) electrons. The topological polar surface area (TPSA) is 63.6 Å². The number of hydrogen-bond acceptors (Lipinski definition) is 3. The van der Waals surface area contributed by atoms with E-state index in [0.717, 1.165) is 38.5 Å². The van der Waals surface area contributed by atoms with E-state index in [1.165, 1.54) is 89.9 Å². The maximum absolute atomic E-state index is 13.2. The van der Waals surface area contributed by atoms with Gasteiger partial charge in [0.15, 0.2) is 0 Å². The zero-order chi connectivity index (χ0) is 25.1. The molecule has 0 spiro atoms. The highest BCUT2D eigenvalue weighted by Gasteiger charge is 2.48. The number of aliphatic carboxylic acids is 1. The minimum atomic E-state index is -0.874. The molecule has 1 N–H and O–H groups in total. The number of hydrogen-bond donors (Lipinski definition) is 1. The van der Waals surface area contributed by atoms with E-state index < -0.39 is 17.3 Å². The summed E-state index contributed by atoms with van der Waals surface area (Å²) < 4.78 is 6.08. The van der Waals surface area contributed by atoms with Crippen LogP contribution >= 0.6 is 0 Å². The summed E-state index contributed by atoms with van der Waals surface area (Å²) in [5, 5.41) is 9.70. The molecule has 0 amide bonds. The second-order valence-electron chi connectivity index (χ2n) is 11.1. The quantitative estimate of drug-likeness (QED) is 0.131. The van der Waals surface area contributed by atoms with Crippen LogP contribution in [0.1, 0.15) is 162 Å². The lowest BCUT2D eigenvalue weighted by Crippen LogP contribution is -2.44. The molecule has 1 rings (SSSR count). The van der Waals surface area contributed by atoms with Gasteiger partial charge in [-0.15, -0.1) is 0 Å². The van der Waals surface area contributed by atoms with Crippen LogP contribution in [-0.4, -0.2) is 23.1 Å². The first kappa shape index (κ1) is 31.0. The molecular formula is C30H56O4. The second-order valence-corrected chi connectivity index (χ2v) is 11.1. The van der Waals surface area contributed by atoms with Crippen molar-refractivity contribution in [3.8, 4) is 0 Å². The molecule has 34 heavy (non-hydrogen) atoms. The van der Waals surface area contributed by atoms with E-state index in [1.807, 2.05) is 6.92 Å². The summed E-state index contributed by atoms with van der Waals surface area (Å²) in [6.45, 7) is 6.32. The van der Waals surface area contributed by atoms with Crippen LogP contribution in [0.5, 0.6) is 0 Å². The van der Waals surface area contributed by atoms with Gasteiger partial charge in [-0.3, -0.25) is 9.59 Å². The SMILES string of the molecule is CCCCCCCCCCCCC(CCCCCCCC)OC(=O)C1(C)CCCCC1C(=O)O. The van der Waals surface area contributed by atoms with Crippen LogP contribution in [-0.2, 0) is 14.3 Å². The van der Waals surface area contributed by atoms with Gasteiger partial charge in [-0.1, -0.05) is 117 Å². The number of ether oxygens (including phenoxy) is 1. The van der Waals surface area contributed by atoms with Gasteiger partial charge in [-0.2, -0.15) is 0 Å². The smallest absolute Gasteiger partial charge is 0.312 e. The van der Waals surface area contributed by atoms with Crippen LogP contribution in [0.25, 0.3) is 0 Å². The van der Waals surface area contributed by atoms with Crippen molar-refractivity contribution >= 4 is 11.9 Å². The zero-order valence-electron chi connectivity index (χ0n) is 22.9. The molecule has 0 bridgehead atoms. The first-order valence-electron chi connectivity index (χ1n) is 14.9. The van der Waals surface area contributed by atoms with Gasteiger partial charge in [0.05, 0.1) is 11.3 Å². The highest BCUT2D eigenvalue weighted by Crippen LogP contribution is 2.42. The Labute approximate surface area is 211 Å². The lowest BCUT2D eigenvalue weighted by Gasteiger charge is -2.37. The van der Waals surface area contributed by atoms with E-state index in [9.17, 15) is 14.7 Å². The molecule has 4 heteroatoms. The minimum Gasteiger partial charge on any atom is -0.481 e. The molecule has 200 valence electrons. The van der Waals surface area contributed by atoms with Crippen molar-refractivity contribution in [1.29, 1.82) is 0 Å². The number of carboxylic acid groups (broad SMARTS) is 1. The monoisotopic (exact) mass is 480 g/mol.